The number of pyridine rings is 1. The van der Waals surface area contributed by atoms with Crippen LogP contribution >= 0.6 is 0 Å². The third-order valence-electron chi connectivity index (χ3n) is 7.37. The number of nitrogens with one attached hydrogen (secondary N) is 3. The van der Waals surface area contributed by atoms with Gasteiger partial charge in [0.15, 0.2) is 5.75 Å². The predicted octanol–water partition coefficient (Wildman–Crippen LogP) is 7.31. The summed E-state index contributed by atoms with van der Waals surface area (Å²) in [6.07, 6.45) is 3.09. The molecule has 12 heteroatoms. The lowest BCUT2D eigenvalue weighted by Crippen LogP contribution is -2.27. The van der Waals surface area contributed by atoms with Gasteiger partial charge in [-0.05, 0) is 61.4 Å². The standard InChI is InChI=1S/C32H28F3N5O4/c1-42-28-12-7-17(16-36-28)21-15-27(40(19-9-10-19)30-23(33)5-4-6-24(30)34)22-14-26(38-29(22)31(21)43-2)20-11-8-18(13-25(20)35)37-32(41)39-44-3/h4-8,11-16,19,38H,9-10H2,1-3H3,(H2,37,39,41). The molecule has 0 spiro atoms. The molecule has 0 atom stereocenters. The average molecular weight is 604 g/mol. The van der Waals surface area contributed by atoms with Crippen molar-refractivity contribution in [2.75, 3.05) is 31.5 Å². The number of fused-ring (bicyclic) bond motifs is 1. The van der Waals surface area contributed by atoms with E-state index in [2.05, 4.69) is 25.6 Å². The maximum absolute atomic E-state index is 15.5. The predicted molar refractivity (Wildman–Crippen MR) is 161 cm³/mol. The quantitative estimate of drug-likeness (QED) is 0.153. The number of carbonyl (C=O) groups excluding carboxylic acids is 1. The maximum atomic E-state index is 15.5. The van der Waals surface area contributed by atoms with Crippen molar-refractivity contribution in [3.8, 4) is 34.0 Å². The number of amides is 2. The lowest BCUT2D eigenvalue weighted by atomic mass is 10.0. The van der Waals surface area contributed by atoms with E-state index in [0.29, 0.717) is 45.0 Å². The van der Waals surface area contributed by atoms with Crippen molar-refractivity contribution in [1.29, 1.82) is 0 Å². The zero-order valence-corrected chi connectivity index (χ0v) is 24.0. The van der Waals surface area contributed by atoms with Crippen LogP contribution in [-0.2, 0) is 4.84 Å². The van der Waals surface area contributed by atoms with Crippen molar-refractivity contribution >= 4 is 34.0 Å². The number of H-pyrrole nitrogens is 1. The number of rotatable bonds is 9. The van der Waals surface area contributed by atoms with Gasteiger partial charge in [0.05, 0.1) is 32.5 Å². The molecule has 3 aromatic carbocycles. The van der Waals surface area contributed by atoms with E-state index in [9.17, 15) is 4.79 Å². The molecule has 0 radical (unpaired) electrons. The van der Waals surface area contributed by atoms with E-state index in [1.165, 1.54) is 57.7 Å². The Bertz CT molecular complexity index is 1840. The molecular weight excluding hydrogens is 575 g/mol. The van der Waals surface area contributed by atoms with Gasteiger partial charge in [-0.3, -0.25) is 4.84 Å². The van der Waals surface area contributed by atoms with Gasteiger partial charge in [-0.15, -0.1) is 0 Å². The molecule has 44 heavy (non-hydrogen) atoms. The third-order valence-corrected chi connectivity index (χ3v) is 7.37. The molecule has 9 nitrogen and oxygen atoms in total. The minimum Gasteiger partial charge on any atom is -0.494 e. The molecular formula is C32H28F3N5O4. The Morgan fingerprint density at radius 2 is 1.70 bits per heavy atom. The number of hydrogen-bond donors (Lipinski definition) is 3. The first-order chi connectivity index (χ1) is 21.3. The van der Waals surface area contributed by atoms with Crippen LogP contribution in [0.1, 0.15) is 12.8 Å². The molecule has 2 amide bonds. The van der Waals surface area contributed by atoms with Crippen LogP contribution in [0.4, 0.5) is 35.0 Å². The molecule has 1 saturated carbocycles. The molecule has 2 heterocycles. The van der Waals surface area contributed by atoms with Gasteiger partial charge in [-0.25, -0.2) is 28.4 Å². The Kier molecular flexibility index (Phi) is 7.75. The summed E-state index contributed by atoms with van der Waals surface area (Å²) in [7, 11) is 4.31. The summed E-state index contributed by atoms with van der Waals surface area (Å²) in [5, 5.41) is 3.04. The van der Waals surface area contributed by atoms with Crippen LogP contribution in [0.25, 0.3) is 33.3 Å². The fourth-order valence-electron chi connectivity index (χ4n) is 5.29. The lowest BCUT2D eigenvalue weighted by Gasteiger charge is -2.28. The van der Waals surface area contributed by atoms with E-state index in [1.54, 1.807) is 29.3 Å². The fourth-order valence-corrected chi connectivity index (χ4v) is 5.29. The monoisotopic (exact) mass is 603 g/mol. The molecule has 5 aromatic rings. The number of urea groups is 1. The molecule has 0 saturated heterocycles. The van der Waals surface area contributed by atoms with Crippen molar-refractivity contribution < 1.29 is 32.3 Å². The number of carbonyl (C=O) groups is 1. The van der Waals surface area contributed by atoms with Gasteiger partial charge in [-0.1, -0.05) is 6.07 Å². The minimum atomic E-state index is -0.698. The van der Waals surface area contributed by atoms with Crippen molar-refractivity contribution in [2.45, 2.75) is 18.9 Å². The average Bonchev–Trinajstić information content (AvgIpc) is 3.76. The fraction of sp³-hybridized carbons (Fsp3) is 0.188. The number of nitrogens with zero attached hydrogens (tertiary/aromatic N) is 2. The molecule has 1 fully saturated rings. The van der Waals surface area contributed by atoms with Gasteiger partial charge < -0.3 is 24.7 Å². The Labute approximate surface area is 250 Å². The molecule has 226 valence electrons. The van der Waals surface area contributed by atoms with Crippen LogP contribution in [-0.4, -0.2) is 43.4 Å². The maximum Gasteiger partial charge on any atom is 0.343 e. The molecule has 1 aliphatic carbocycles. The molecule has 3 N–H and O–H groups in total. The van der Waals surface area contributed by atoms with Gasteiger partial charge in [0.1, 0.15) is 23.1 Å². The number of para-hydroxylation sites is 1. The number of hydroxylamine groups is 1. The van der Waals surface area contributed by atoms with E-state index in [1.807, 2.05) is 6.07 Å². The number of aromatic amines is 1. The summed E-state index contributed by atoms with van der Waals surface area (Å²) in [6, 6.07) is 14.2. The minimum absolute atomic E-state index is 0.154. The number of ether oxygens (including phenoxy) is 2. The van der Waals surface area contributed by atoms with E-state index in [-0.39, 0.29) is 23.0 Å². The van der Waals surface area contributed by atoms with Crippen molar-refractivity contribution in [2.24, 2.45) is 0 Å². The second kappa shape index (κ2) is 11.8. The van der Waals surface area contributed by atoms with E-state index in [0.717, 1.165) is 12.8 Å². The highest BCUT2D eigenvalue weighted by Gasteiger charge is 2.36. The molecule has 0 bridgehead atoms. The van der Waals surface area contributed by atoms with Crippen LogP contribution in [0.3, 0.4) is 0 Å². The topological polar surface area (TPSA) is 101 Å². The van der Waals surface area contributed by atoms with Gasteiger partial charge in [0.2, 0.25) is 5.88 Å². The Morgan fingerprint density at radius 1 is 0.932 bits per heavy atom. The van der Waals surface area contributed by atoms with Crippen LogP contribution in [0.2, 0.25) is 0 Å². The molecule has 0 unspecified atom stereocenters. The smallest absolute Gasteiger partial charge is 0.343 e. The SMILES string of the molecule is CONC(=O)Nc1ccc(-c2cc3c(N(c4c(F)cccc4F)C4CC4)cc(-c4ccc(OC)nc4)c(OC)c3[nH]2)c(F)c1. The summed E-state index contributed by atoms with van der Waals surface area (Å²) >= 11 is 0. The second-order valence-corrected chi connectivity index (χ2v) is 10.2. The van der Waals surface area contributed by atoms with Crippen molar-refractivity contribution in [1.82, 2.24) is 15.4 Å². The normalized spacial score (nSPS) is 12.7. The third kappa shape index (κ3) is 5.35. The highest BCUT2D eigenvalue weighted by Crippen LogP contribution is 2.49. The lowest BCUT2D eigenvalue weighted by molar-refractivity contribution is 0.114. The summed E-state index contributed by atoms with van der Waals surface area (Å²) in [5.74, 6) is -1.17. The zero-order valence-electron chi connectivity index (χ0n) is 24.0. The van der Waals surface area contributed by atoms with E-state index >= 15 is 13.2 Å². The largest absolute Gasteiger partial charge is 0.494 e. The first-order valence-electron chi connectivity index (χ1n) is 13.7. The van der Waals surface area contributed by atoms with Gasteiger partial charge >= 0.3 is 6.03 Å². The number of hydrogen-bond acceptors (Lipinski definition) is 6. The highest BCUT2D eigenvalue weighted by molar-refractivity contribution is 6.05. The number of benzene rings is 3. The van der Waals surface area contributed by atoms with E-state index in [4.69, 9.17) is 9.47 Å². The van der Waals surface area contributed by atoms with Crippen LogP contribution in [0.15, 0.2) is 66.9 Å². The first kappa shape index (κ1) is 28.9. The first-order valence-corrected chi connectivity index (χ1v) is 13.7. The summed E-state index contributed by atoms with van der Waals surface area (Å²) in [5.41, 5.74) is 5.01. The summed E-state index contributed by atoms with van der Waals surface area (Å²) < 4.78 is 57.2. The van der Waals surface area contributed by atoms with E-state index < -0.39 is 23.5 Å². The van der Waals surface area contributed by atoms with Crippen LogP contribution < -0.4 is 25.2 Å². The summed E-state index contributed by atoms with van der Waals surface area (Å²) in [6.45, 7) is 0. The second-order valence-electron chi connectivity index (χ2n) is 10.2. The van der Waals surface area contributed by atoms with Crippen molar-refractivity contribution in [3.63, 3.8) is 0 Å². The molecule has 0 aliphatic heterocycles. The Hall–Kier alpha value is -5.23. The van der Waals surface area contributed by atoms with Crippen molar-refractivity contribution in [3.05, 3.63) is 84.3 Å². The van der Waals surface area contributed by atoms with Gasteiger partial charge in [0, 0.05) is 51.8 Å². The zero-order chi connectivity index (χ0) is 31.0. The molecule has 1 aliphatic rings. The van der Waals surface area contributed by atoms with Gasteiger partial charge in [-0.2, -0.15) is 0 Å². The number of methoxy groups -OCH3 is 2. The summed E-state index contributed by atoms with van der Waals surface area (Å²) in [4.78, 5) is 25.7. The Balaban J connectivity index is 1.57. The highest BCUT2D eigenvalue weighted by atomic mass is 19.1. The number of aromatic nitrogens is 2. The Morgan fingerprint density at radius 3 is 2.32 bits per heavy atom. The number of halogens is 3. The molecule has 6 rings (SSSR count). The van der Waals surface area contributed by atoms with Gasteiger partial charge in [0.25, 0.3) is 0 Å². The van der Waals surface area contributed by atoms with Crippen LogP contribution in [0.5, 0.6) is 11.6 Å². The van der Waals surface area contributed by atoms with Crippen LogP contribution in [0, 0.1) is 17.5 Å². The number of anilines is 3. The molecule has 2 aromatic heterocycles.